The summed E-state index contributed by atoms with van der Waals surface area (Å²) in [5, 5.41) is 17.3. The van der Waals surface area contributed by atoms with Crippen LogP contribution < -0.4 is 0 Å². The van der Waals surface area contributed by atoms with E-state index in [2.05, 4.69) is 15.2 Å². The number of aromatic nitrogens is 3. The number of likely N-dealkylation sites (tertiary alicyclic amines) is 1. The van der Waals surface area contributed by atoms with Crippen LogP contribution in [0, 0.1) is 12.8 Å². The summed E-state index contributed by atoms with van der Waals surface area (Å²) in [5.41, 5.74) is 2.25. The van der Waals surface area contributed by atoms with Crippen molar-refractivity contribution in [3.05, 3.63) is 35.3 Å². The summed E-state index contributed by atoms with van der Waals surface area (Å²) in [6, 6.07) is 1.96. The highest BCUT2D eigenvalue weighted by atomic mass is 16.3. The van der Waals surface area contributed by atoms with Crippen molar-refractivity contribution in [3.63, 3.8) is 0 Å². The van der Waals surface area contributed by atoms with Gasteiger partial charge in [0.2, 0.25) is 0 Å². The molecule has 0 bridgehead atoms. The molecule has 3 rings (SSSR count). The SMILES string of the molecule is CCc1ocnc1C(=O)N1C[C@@H](Cc2cc(C)[nH]n2)[C@H](O)C1. The van der Waals surface area contributed by atoms with Crippen LogP contribution in [-0.4, -0.2) is 50.3 Å². The Labute approximate surface area is 128 Å². The van der Waals surface area contributed by atoms with Crippen LogP contribution in [0.2, 0.25) is 0 Å². The minimum atomic E-state index is -0.544. The smallest absolute Gasteiger partial charge is 0.276 e. The van der Waals surface area contributed by atoms with Gasteiger partial charge in [-0.2, -0.15) is 5.10 Å². The largest absolute Gasteiger partial charge is 0.448 e. The summed E-state index contributed by atoms with van der Waals surface area (Å²) < 4.78 is 5.21. The van der Waals surface area contributed by atoms with Crippen LogP contribution in [0.5, 0.6) is 0 Å². The Morgan fingerprint density at radius 3 is 3.05 bits per heavy atom. The standard InChI is InChI=1S/C15H20N4O3/c1-3-13-14(16-8-22-13)15(21)19-6-10(12(20)7-19)5-11-4-9(2)17-18-11/h4,8,10,12,20H,3,5-7H2,1-2H3,(H,17,18)/t10-,12-/m1/s1. The van der Waals surface area contributed by atoms with Crippen LogP contribution in [0.15, 0.2) is 16.9 Å². The van der Waals surface area contributed by atoms with Crippen LogP contribution >= 0.6 is 0 Å². The second-order valence-electron chi connectivity index (χ2n) is 5.76. The number of hydrogen-bond donors (Lipinski definition) is 2. The first-order valence-electron chi connectivity index (χ1n) is 7.49. The maximum absolute atomic E-state index is 12.5. The molecule has 0 aliphatic carbocycles. The molecule has 22 heavy (non-hydrogen) atoms. The number of aromatic amines is 1. The average molecular weight is 304 g/mol. The lowest BCUT2D eigenvalue weighted by atomic mass is 10.0. The van der Waals surface area contributed by atoms with Gasteiger partial charge in [-0.25, -0.2) is 4.98 Å². The molecular formula is C15H20N4O3. The van der Waals surface area contributed by atoms with E-state index < -0.39 is 6.10 Å². The number of nitrogens with zero attached hydrogens (tertiary/aromatic N) is 3. The third-order valence-electron chi connectivity index (χ3n) is 4.09. The highest BCUT2D eigenvalue weighted by Gasteiger charge is 2.36. The normalized spacial score (nSPS) is 21.5. The van der Waals surface area contributed by atoms with Crippen molar-refractivity contribution in [1.82, 2.24) is 20.1 Å². The minimum Gasteiger partial charge on any atom is -0.448 e. The molecule has 1 saturated heterocycles. The van der Waals surface area contributed by atoms with Crippen LogP contribution in [0.1, 0.15) is 34.6 Å². The molecule has 1 aliphatic heterocycles. The van der Waals surface area contributed by atoms with E-state index in [9.17, 15) is 9.90 Å². The highest BCUT2D eigenvalue weighted by Crippen LogP contribution is 2.23. The van der Waals surface area contributed by atoms with Crippen LogP contribution in [0.3, 0.4) is 0 Å². The van der Waals surface area contributed by atoms with Gasteiger partial charge in [-0.15, -0.1) is 0 Å². The summed E-state index contributed by atoms with van der Waals surface area (Å²) in [6.45, 7) is 4.68. The molecule has 7 heteroatoms. The number of aliphatic hydroxyl groups excluding tert-OH is 1. The number of rotatable bonds is 4. The molecule has 2 aromatic heterocycles. The van der Waals surface area contributed by atoms with Crippen molar-refractivity contribution >= 4 is 5.91 Å². The van der Waals surface area contributed by atoms with E-state index in [4.69, 9.17) is 4.42 Å². The second-order valence-corrected chi connectivity index (χ2v) is 5.76. The van der Waals surface area contributed by atoms with Gasteiger partial charge in [0.05, 0.1) is 11.8 Å². The van der Waals surface area contributed by atoms with E-state index >= 15 is 0 Å². The van der Waals surface area contributed by atoms with Gasteiger partial charge < -0.3 is 14.4 Å². The van der Waals surface area contributed by atoms with E-state index in [0.717, 1.165) is 11.4 Å². The number of carbonyl (C=O) groups is 1. The average Bonchev–Trinajstić information content (AvgIpc) is 3.20. The van der Waals surface area contributed by atoms with Crippen molar-refractivity contribution in [1.29, 1.82) is 0 Å². The summed E-state index contributed by atoms with van der Waals surface area (Å²) in [5.74, 6) is 0.403. The predicted molar refractivity (Wildman–Crippen MR) is 78.3 cm³/mol. The van der Waals surface area contributed by atoms with Crippen molar-refractivity contribution < 1.29 is 14.3 Å². The molecular weight excluding hydrogens is 284 g/mol. The third kappa shape index (κ3) is 2.76. The van der Waals surface area contributed by atoms with Crippen molar-refractivity contribution in [2.45, 2.75) is 32.8 Å². The summed E-state index contributed by atoms with van der Waals surface area (Å²) in [4.78, 5) is 18.2. The van der Waals surface area contributed by atoms with Crippen LogP contribution in [-0.2, 0) is 12.8 Å². The van der Waals surface area contributed by atoms with E-state index in [-0.39, 0.29) is 11.8 Å². The molecule has 118 valence electrons. The van der Waals surface area contributed by atoms with Gasteiger partial charge in [-0.1, -0.05) is 6.92 Å². The lowest BCUT2D eigenvalue weighted by molar-refractivity contribution is 0.0757. The Morgan fingerprint density at radius 2 is 2.36 bits per heavy atom. The molecule has 3 heterocycles. The molecule has 1 amide bonds. The van der Waals surface area contributed by atoms with Crippen molar-refractivity contribution in [3.8, 4) is 0 Å². The zero-order valence-electron chi connectivity index (χ0n) is 12.7. The third-order valence-corrected chi connectivity index (χ3v) is 4.09. The Bertz CT molecular complexity index is 663. The summed E-state index contributed by atoms with van der Waals surface area (Å²) >= 11 is 0. The number of carbonyl (C=O) groups excluding carboxylic acids is 1. The lowest BCUT2D eigenvalue weighted by Gasteiger charge is -2.14. The van der Waals surface area contributed by atoms with Gasteiger partial charge in [0.1, 0.15) is 5.76 Å². The molecule has 0 radical (unpaired) electrons. The minimum absolute atomic E-state index is 0.0105. The number of aryl methyl sites for hydroxylation is 2. The maximum Gasteiger partial charge on any atom is 0.276 e. The maximum atomic E-state index is 12.5. The van der Waals surface area contributed by atoms with E-state index in [0.29, 0.717) is 37.4 Å². The van der Waals surface area contributed by atoms with Gasteiger partial charge in [0, 0.05) is 31.1 Å². The first-order chi connectivity index (χ1) is 10.6. The monoisotopic (exact) mass is 304 g/mol. The fraction of sp³-hybridized carbons (Fsp3) is 0.533. The van der Waals surface area contributed by atoms with Crippen molar-refractivity contribution in [2.24, 2.45) is 5.92 Å². The topological polar surface area (TPSA) is 95.3 Å². The summed E-state index contributed by atoms with van der Waals surface area (Å²) in [7, 11) is 0. The first-order valence-corrected chi connectivity index (χ1v) is 7.49. The molecule has 1 fully saturated rings. The molecule has 0 aromatic carbocycles. The fourth-order valence-electron chi connectivity index (χ4n) is 2.91. The van der Waals surface area contributed by atoms with Gasteiger partial charge in [-0.3, -0.25) is 9.89 Å². The molecule has 0 saturated carbocycles. The van der Waals surface area contributed by atoms with Gasteiger partial charge in [0.25, 0.3) is 5.91 Å². The van der Waals surface area contributed by atoms with Gasteiger partial charge in [-0.05, 0) is 19.4 Å². The van der Waals surface area contributed by atoms with E-state index in [1.54, 1.807) is 4.90 Å². The Morgan fingerprint density at radius 1 is 1.55 bits per heavy atom. The number of oxazole rings is 1. The Balaban J connectivity index is 1.68. The second kappa shape index (κ2) is 5.92. The lowest BCUT2D eigenvalue weighted by Crippen LogP contribution is -2.30. The van der Waals surface area contributed by atoms with E-state index in [1.165, 1.54) is 6.39 Å². The zero-order valence-corrected chi connectivity index (χ0v) is 12.7. The molecule has 2 N–H and O–H groups in total. The summed E-state index contributed by atoms with van der Waals surface area (Å²) in [6.07, 6.45) is 2.02. The molecule has 2 aromatic rings. The molecule has 0 unspecified atom stereocenters. The van der Waals surface area contributed by atoms with Crippen molar-refractivity contribution in [2.75, 3.05) is 13.1 Å². The number of nitrogens with one attached hydrogen (secondary N) is 1. The molecule has 0 spiro atoms. The van der Waals surface area contributed by atoms with E-state index in [1.807, 2.05) is 19.9 Å². The van der Waals surface area contributed by atoms with Crippen LogP contribution in [0.25, 0.3) is 0 Å². The Kier molecular flexibility index (Phi) is 3.98. The number of aliphatic hydroxyl groups is 1. The molecule has 1 aliphatic rings. The van der Waals surface area contributed by atoms with Gasteiger partial charge >= 0.3 is 0 Å². The molecule has 7 nitrogen and oxygen atoms in total. The number of hydrogen-bond acceptors (Lipinski definition) is 5. The first kappa shape index (κ1) is 14.8. The van der Waals surface area contributed by atoms with Gasteiger partial charge in [0.15, 0.2) is 12.1 Å². The zero-order chi connectivity index (χ0) is 15.7. The quantitative estimate of drug-likeness (QED) is 0.876. The fourth-order valence-corrected chi connectivity index (χ4v) is 2.91. The predicted octanol–water partition coefficient (Wildman–Crippen LogP) is 0.944. The Hall–Kier alpha value is -2.15. The number of H-pyrrole nitrogens is 1. The van der Waals surface area contributed by atoms with Crippen LogP contribution in [0.4, 0.5) is 0 Å². The number of β-amino-alcohol motifs (C(OH)–C–C–N with tert-alkyl or cyclic N) is 1. The molecule has 2 atom stereocenters. The number of amides is 1. The highest BCUT2D eigenvalue weighted by molar-refractivity contribution is 5.93.